The lowest BCUT2D eigenvalue weighted by Crippen LogP contribution is -2.59. The quantitative estimate of drug-likeness (QED) is 0.338. The van der Waals surface area contributed by atoms with Crippen LogP contribution in [0.5, 0.6) is 0 Å². The van der Waals surface area contributed by atoms with E-state index >= 15 is 4.39 Å². The lowest BCUT2D eigenvalue weighted by molar-refractivity contribution is -0.269. The van der Waals surface area contributed by atoms with E-state index in [1.54, 1.807) is 6.07 Å². The number of rotatable bonds is 4. The molecule has 1 saturated heterocycles. The second-order valence-corrected chi connectivity index (χ2v) is 9.44. The summed E-state index contributed by atoms with van der Waals surface area (Å²) in [7, 11) is 0. The fourth-order valence-electron chi connectivity index (χ4n) is 4.14. The van der Waals surface area contributed by atoms with Gasteiger partial charge < -0.3 is 4.90 Å². The van der Waals surface area contributed by atoms with Crippen LogP contribution in [-0.4, -0.2) is 36.2 Å². The van der Waals surface area contributed by atoms with E-state index in [1.165, 1.54) is 0 Å². The Morgan fingerprint density at radius 2 is 1.71 bits per heavy atom. The van der Waals surface area contributed by atoms with Gasteiger partial charge >= 0.3 is 12.4 Å². The normalized spacial score (nSPS) is 20.9. The zero-order valence-electron chi connectivity index (χ0n) is 18.6. The Labute approximate surface area is 219 Å². The monoisotopic (exact) mass is 585 g/mol. The van der Waals surface area contributed by atoms with Gasteiger partial charge in [0.15, 0.2) is 11.5 Å². The van der Waals surface area contributed by atoms with Crippen LogP contribution in [0.15, 0.2) is 36.4 Å². The molecule has 1 unspecified atom stereocenters. The minimum absolute atomic E-state index is 0.0383. The Balaban J connectivity index is 1.66. The van der Waals surface area contributed by atoms with Crippen LogP contribution in [0.2, 0.25) is 10.0 Å². The molecule has 0 saturated carbocycles. The molecule has 1 fully saturated rings. The van der Waals surface area contributed by atoms with Crippen LogP contribution in [0.1, 0.15) is 28.7 Å². The number of alkyl halides is 7. The van der Waals surface area contributed by atoms with Crippen molar-refractivity contribution >= 4 is 34.8 Å². The number of nitriles is 1. The van der Waals surface area contributed by atoms with Crippen molar-refractivity contribution in [3.05, 3.63) is 74.5 Å². The molecule has 38 heavy (non-hydrogen) atoms. The molecular weight excluding hydrogens is 573 g/mol. The van der Waals surface area contributed by atoms with Gasteiger partial charge in [0.25, 0.3) is 0 Å². The molecule has 2 aliphatic rings. The summed E-state index contributed by atoms with van der Waals surface area (Å²) in [5.41, 5.74) is -4.95. The Kier molecular flexibility index (Phi) is 6.83. The highest BCUT2D eigenvalue weighted by Gasteiger charge is 2.60. The molecule has 0 aromatic heterocycles. The first-order valence-corrected chi connectivity index (χ1v) is 11.2. The fourth-order valence-corrected chi connectivity index (χ4v) is 4.63. The summed E-state index contributed by atoms with van der Waals surface area (Å²) in [6.45, 7) is -1.47. The summed E-state index contributed by atoms with van der Waals surface area (Å²) in [5, 5.41) is 8.16. The molecule has 15 heteroatoms. The van der Waals surface area contributed by atoms with Gasteiger partial charge in [-0.2, -0.15) is 31.6 Å². The van der Waals surface area contributed by atoms with Gasteiger partial charge in [-0.15, -0.1) is 0 Å². The van der Waals surface area contributed by atoms with E-state index < -0.39 is 70.5 Å². The maximum absolute atomic E-state index is 15.4. The zero-order valence-corrected chi connectivity index (χ0v) is 20.1. The van der Waals surface area contributed by atoms with Crippen molar-refractivity contribution in [2.75, 3.05) is 13.1 Å². The van der Waals surface area contributed by atoms with Crippen LogP contribution >= 0.6 is 23.2 Å². The molecule has 0 radical (unpaired) electrons. The average Bonchev–Trinajstić information content (AvgIpc) is 3.25. The number of likely N-dealkylation sites (tertiary alicyclic amines) is 1. The van der Waals surface area contributed by atoms with Crippen molar-refractivity contribution in [3.63, 3.8) is 0 Å². The number of amides is 1. The minimum atomic E-state index is -5.11. The molecule has 2 aliphatic heterocycles. The summed E-state index contributed by atoms with van der Waals surface area (Å²) in [6, 6.07) is 6.38. The van der Waals surface area contributed by atoms with E-state index in [1.807, 2.05) is 0 Å². The molecule has 0 spiro atoms. The van der Waals surface area contributed by atoms with Gasteiger partial charge in [-0.3, -0.25) is 15.1 Å². The van der Waals surface area contributed by atoms with E-state index in [4.69, 9.17) is 28.0 Å². The van der Waals surface area contributed by atoms with Crippen LogP contribution in [0.4, 0.5) is 35.1 Å². The van der Waals surface area contributed by atoms with Crippen LogP contribution in [0, 0.1) is 17.1 Å². The van der Waals surface area contributed by atoms with Crippen molar-refractivity contribution < 1.29 is 44.8 Å². The molecule has 2 aromatic rings. The molecule has 0 bridgehead atoms. The Hall–Kier alpha value is -3.08. The standard InChI is InChI=1S/C23H13Cl2F8N3O2/c24-15-4-13(5-16(25)19(15)26)21(23(31,32)33)6-17(35-38-21)11-1-2-14(12(3-11)8-34)20(27)9-36(10-20)18(37)7-22(28,29)30/h1-6,35H,7,9-10H2. The number of benzene rings is 2. The molecule has 202 valence electrons. The third-order valence-corrected chi connectivity index (χ3v) is 6.57. The Bertz CT molecular complexity index is 1360. The summed E-state index contributed by atoms with van der Waals surface area (Å²) >= 11 is 11.3. The number of halogens is 10. The minimum Gasteiger partial charge on any atom is -0.335 e. The van der Waals surface area contributed by atoms with Crippen molar-refractivity contribution in [2.45, 2.75) is 30.0 Å². The van der Waals surface area contributed by atoms with E-state index in [0.717, 1.165) is 18.2 Å². The molecule has 1 amide bonds. The van der Waals surface area contributed by atoms with Gasteiger partial charge in [-0.05, 0) is 24.3 Å². The predicted molar refractivity (Wildman–Crippen MR) is 118 cm³/mol. The lowest BCUT2D eigenvalue weighted by Gasteiger charge is -2.45. The average molecular weight is 586 g/mol. The highest BCUT2D eigenvalue weighted by Crippen LogP contribution is 2.49. The van der Waals surface area contributed by atoms with Gasteiger partial charge in [-0.25, -0.2) is 8.78 Å². The highest BCUT2D eigenvalue weighted by molar-refractivity contribution is 6.35. The number of hydrogen-bond donors (Lipinski definition) is 1. The lowest BCUT2D eigenvalue weighted by atomic mass is 9.83. The topological polar surface area (TPSA) is 65.4 Å². The third-order valence-electron chi connectivity index (χ3n) is 6.02. The second-order valence-electron chi connectivity index (χ2n) is 8.63. The molecule has 1 atom stereocenters. The van der Waals surface area contributed by atoms with Crippen LogP contribution in [0.25, 0.3) is 5.70 Å². The van der Waals surface area contributed by atoms with Gasteiger partial charge in [0.05, 0.1) is 40.5 Å². The summed E-state index contributed by atoms with van der Waals surface area (Å²) in [4.78, 5) is 17.2. The van der Waals surface area contributed by atoms with Crippen molar-refractivity contribution in [1.29, 1.82) is 5.26 Å². The highest BCUT2D eigenvalue weighted by atomic mass is 35.5. The van der Waals surface area contributed by atoms with E-state index in [9.17, 15) is 40.8 Å². The van der Waals surface area contributed by atoms with Crippen molar-refractivity contribution in [1.82, 2.24) is 10.4 Å². The van der Waals surface area contributed by atoms with E-state index in [2.05, 4.69) is 5.48 Å². The van der Waals surface area contributed by atoms with Crippen molar-refractivity contribution in [2.24, 2.45) is 0 Å². The third kappa shape index (κ3) is 4.88. The van der Waals surface area contributed by atoms with Crippen LogP contribution in [0.3, 0.4) is 0 Å². The molecule has 4 rings (SSSR count). The van der Waals surface area contributed by atoms with Crippen LogP contribution < -0.4 is 5.48 Å². The Morgan fingerprint density at radius 3 is 2.24 bits per heavy atom. The number of carbonyl (C=O) groups is 1. The smallest absolute Gasteiger partial charge is 0.335 e. The number of hydroxylamine groups is 1. The molecule has 5 nitrogen and oxygen atoms in total. The predicted octanol–water partition coefficient (Wildman–Crippen LogP) is 6.30. The number of nitrogens with zero attached hydrogens (tertiary/aromatic N) is 2. The SMILES string of the molecule is N#Cc1cc(C2=CC(c3cc(Cl)c(F)c(Cl)c3)(C(F)(F)F)ON2)ccc1C1(F)CN(C(=O)CC(F)(F)F)C1. The molecule has 1 N–H and O–H groups in total. The van der Waals surface area contributed by atoms with Gasteiger partial charge in [0.1, 0.15) is 6.42 Å². The maximum atomic E-state index is 15.4. The summed E-state index contributed by atoms with van der Waals surface area (Å²) < 4.78 is 109. The first-order valence-electron chi connectivity index (χ1n) is 10.5. The molecule has 0 aliphatic carbocycles. The van der Waals surface area contributed by atoms with Crippen molar-refractivity contribution in [3.8, 4) is 6.07 Å². The van der Waals surface area contributed by atoms with E-state index in [0.29, 0.717) is 23.1 Å². The fraction of sp³-hybridized carbons (Fsp3) is 0.304. The molecular formula is C23H13Cl2F8N3O2. The Morgan fingerprint density at radius 1 is 1.11 bits per heavy atom. The van der Waals surface area contributed by atoms with E-state index in [-0.39, 0.29) is 22.4 Å². The number of nitrogens with one attached hydrogen (secondary N) is 1. The zero-order chi connectivity index (χ0) is 28.3. The number of carbonyl (C=O) groups excluding carboxylic acids is 1. The first kappa shape index (κ1) is 27.9. The van der Waals surface area contributed by atoms with Gasteiger partial charge in [0, 0.05) is 16.7 Å². The number of hydrogen-bond acceptors (Lipinski definition) is 4. The summed E-state index contributed by atoms with van der Waals surface area (Å²) in [6.07, 6.45) is -11.0. The molecule has 2 aromatic carbocycles. The largest absolute Gasteiger partial charge is 0.428 e. The van der Waals surface area contributed by atoms with Crippen LogP contribution in [-0.2, 0) is 20.9 Å². The van der Waals surface area contributed by atoms with Gasteiger partial charge in [0.2, 0.25) is 11.5 Å². The van der Waals surface area contributed by atoms with Gasteiger partial charge in [-0.1, -0.05) is 35.3 Å². The molecule has 2 heterocycles. The maximum Gasteiger partial charge on any atom is 0.428 e. The second kappa shape index (κ2) is 9.29. The summed E-state index contributed by atoms with van der Waals surface area (Å²) in [5.74, 6) is -2.46. The first-order chi connectivity index (χ1) is 17.5.